The Kier molecular flexibility index (Phi) is 6.49. The summed E-state index contributed by atoms with van der Waals surface area (Å²) in [5, 5.41) is 5.56. The van der Waals surface area contributed by atoms with E-state index in [0.717, 1.165) is 38.3 Å². The van der Waals surface area contributed by atoms with Crippen LogP contribution in [0.5, 0.6) is 5.75 Å². The molecule has 1 aliphatic heterocycles. The van der Waals surface area contributed by atoms with Crippen molar-refractivity contribution in [1.82, 2.24) is 0 Å². The van der Waals surface area contributed by atoms with Crippen LogP contribution in [0, 0.1) is 0 Å². The molecule has 0 bridgehead atoms. The van der Waals surface area contributed by atoms with E-state index >= 15 is 0 Å². The van der Waals surface area contributed by atoms with Crippen molar-refractivity contribution in [3.8, 4) is 5.75 Å². The number of likely N-dealkylation sites (N-methyl/N-ethyl adjacent to an activating group) is 1. The van der Waals surface area contributed by atoms with Gasteiger partial charge < -0.3 is 9.42 Å². The van der Waals surface area contributed by atoms with E-state index < -0.39 is 7.28 Å². The van der Waals surface area contributed by atoms with Crippen molar-refractivity contribution in [2.24, 2.45) is 4.74 Å². The maximum atomic E-state index is 7.40. The Balaban J connectivity index is 1.58. The van der Waals surface area contributed by atoms with E-state index in [1.165, 1.54) is 16.9 Å². The number of hydrogen-bond acceptors (Lipinski definition) is 3. The Morgan fingerprint density at radius 3 is 2.00 bits per heavy atom. The number of nitrogens with zero attached hydrogens (tertiary/aromatic N) is 2. The zero-order chi connectivity index (χ0) is 28.7. The second kappa shape index (κ2) is 10.4. The molecule has 6 aromatic carbocycles. The Labute approximate surface area is 247 Å². The van der Waals surface area contributed by atoms with E-state index in [9.17, 15) is 0 Å². The third-order valence-electron chi connectivity index (χ3n) is 8.37. The lowest BCUT2D eigenvalue weighted by atomic mass is 9.84. The molecular weight excluding hydrogens is 531 g/mol. The summed E-state index contributed by atoms with van der Waals surface area (Å²) in [6.07, 6.45) is 0. The van der Waals surface area contributed by atoms with E-state index in [-0.39, 0.29) is 5.41 Å². The molecule has 0 saturated heterocycles. The van der Waals surface area contributed by atoms with Crippen LogP contribution in [-0.2, 0) is 5.41 Å². The normalized spacial score (nSPS) is 16.4. The van der Waals surface area contributed by atoms with Crippen LogP contribution >= 0.6 is 7.28 Å². The van der Waals surface area contributed by atoms with Crippen LogP contribution in [0.1, 0.15) is 19.4 Å². The van der Waals surface area contributed by atoms with E-state index in [1.807, 2.05) is 0 Å². The average Bonchev–Trinajstić information content (AvgIpc) is 3.22. The standard InChI is InChI=1S/C38H33N2OP/c1-38(2)33-23-11-12-25-35(33)40(3)37(38)27-42(30-19-5-4-6-20-30,39-34-24-13-17-28-15-7-9-21-31(28)34)41-36-26-14-18-29-16-8-10-22-32(29)36/h4-27H,1-3H3/b37-27+. The smallest absolute Gasteiger partial charge is 0.191 e. The van der Waals surface area contributed by atoms with Gasteiger partial charge in [-0.2, -0.15) is 0 Å². The molecular formula is C38H33N2OP. The Morgan fingerprint density at radius 1 is 0.643 bits per heavy atom. The third kappa shape index (κ3) is 4.42. The summed E-state index contributed by atoms with van der Waals surface area (Å²) >= 11 is 0. The van der Waals surface area contributed by atoms with Crippen LogP contribution < -0.4 is 14.7 Å². The van der Waals surface area contributed by atoms with Crippen molar-refractivity contribution in [2.45, 2.75) is 19.3 Å². The number of hydrogen-bond donors (Lipinski definition) is 0. The highest BCUT2D eigenvalue weighted by molar-refractivity contribution is 7.72. The molecule has 1 aliphatic rings. The maximum absolute atomic E-state index is 7.40. The molecule has 7 rings (SSSR count). The summed E-state index contributed by atoms with van der Waals surface area (Å²) < 4.78 is 13.1. The summed E-state index contributed by atoms with van der Waals surface area (Å²) in [4.78, 5) is 2.32. The van der Waals surface area contributed by atoms with Crippen molar-refractivity contribution in [2.75, 3.05) is 11.9 Å². The van der Waals surface area contributed by atoms with E-state index in [2.05, 4.69) is 171 Å². The summed E-state index contributed by atoms with van der Waals surface area (Å²) in [5.41, 5.74) is 4.40. The number of benzene rings is 6. The largest absolute Gasteiger partial charge is 0.452 e. The average molecular weight is 565 g/mol. The van der Waals surface area contributed by atoms with Gasteiger partial charge in [-0.1, -0.05) is 123 Å². The molecule has 0 radical (unpaired) electrons. The minimum absolute atomic E-state index is 0.234. The molecule has 4 heteroatoms. The highest BCUT2D eigenvalue weighted by Gasteiger charge is 2.40. The van der Waals surface area contributed by atoms with Crippen molar-refractivity contribution >= 4 is 45.5 Å². The third-order valence-corrected chi connectivity index (χ3v) is 11.0. The molecule has 0 spiro atoms. The maximum Gasteiger partial charge on any atom is 0.191 e. The van der Waals surface area contributed by atoms with Gasteiger partial charge in [-0.25, -0.2) is 4.74 Å². The molecule has 1 heterocycles. The number of anilines is 1. The predicted octanol–water partition coefficient (Wildman–Crippen LogP) is 10.4. The van der Waals surface area contributed by atoms with Crippen LogP contribution in [0.2, 0.25) is 0 Å². The Bertz CT molecular complexity index is 2020. The molecule has 0 saturated carbocycles. The molecule has 1 unspecified atom stereocenters. The number of para-hydroxylation sites is 1. The Morgan fingerprint density at radius 2 is 1.24 bits per heavy atom. The van der Waals surface area contributed by atoms with E-state index in [1.54, 1.807) is 0 Å². The lowest BCUT2D eigenvalue weighted by Gasteiger charge is -2.30. The van der Waals surface area contributed by atoms with Crippen molar-refractivity contribution in [3.05, 3.63) is 157 Å². The van der Waals surface area contributed by atoms with Crippen LogP contribution in [0.4, 0.5) is 11.4 Å². The second-order valence-electron chi connectivity index (χ2n) is 11.3. The number of rotatable bonds is 5. The van der Waals surface area contributed by atoms with Gasteiger partial charge in [0.25, 0.3) is 0 Å². The minimum atomic E-state index is -2.87. The van der Waals surface area contributed by atoms with Gasteiger partial charge in [-0.15, -0.1) is 0 Å². The van der Waals surface area contributed by atoms with Crippen molar-refractivity contribution in [3.63, 3.8) is 0 Å². The van der Waals surface area contributed by atoms with Crippen LogP contribution in [0.25, 0.3) is 21.5 Å². The molecule has 0 aliphatic carbocycles. The topological polar surface area (TPSA) is 24.8 Å². The highest BCUT2D eigenvalue weighted by atomic mass is 31.2. The van der Waals surface area contributed by atoms with Gasteiger partial charge in [-0.3, -0.25) is 0 Å². The molecule has 0 N–H and O–H groups in total. The molecule has 42 heavy (non-hydrogen) atoms. The van der Waals surface area contributed by atoms with Crippen molar-refractivity contribution < 1.29 is 4.52 Å². The van der Waals surface area contributed by atoms with Gasteiger partial charge in [0, 0.05) is 45.7 Å². The quantitative estimate of drug-likeness (QED) is 0.195. The predicted molar refractivity (Wildman–Crippen MR) is 180 cm³/mol. The number of fused-ring (bicyclic) bond motifs is 3. The van der Waals surface area contributed by atoms with Gasteiger partial charge in [0.05, 0.1) is 5.69 Å². The SMILES string of the molecule is CN1/C(=C/P(=Nc2cccc3ccccc23)(Oc2cccc3ccccc23)c2ccccc2)C(C)(C)c2ccccc21. The molecule has 0 fully saturated rings. The van der Waals surface area contributed by atoms with Crippen LogP contribution in [-0.4, -0.2) is 7.05 Å². The lowest BCUT2D eigenvalue weighted by Crippen LogP contribution is -2.24. The van der Waals surface area contributed by atoms with Crippen molar-refractivity contribution in [1.29, 1.82) is 0 Å². The summed E-state index contributed by atoms with van der Waals surface area (Å²) in [6.45, 7) is 4.60. The first kappa shape index (κ1) is 26.3. The molecule has 1 atom stereocenters. The summed E-state index contributed by atoms with van der Waals surface area (Å²) in [5.74, 6) is 3.19. The van der Waals surface area contributed by atoms with Gasteiger partial charge in [0.15, 0.2) is 7.28 Å². The molecule has 206 valence electrons. The molecule has 0 amide bonds. The van der Waals surface area contributed by atoms with Crippen LogP contribution in [0.15, 0.2) is 156 Å². The van der Waals surface area contributed by atoms with Gasteiger partial charge in [0.1, 0.15) is 5.75 Å². The van der Waals surface area contributed by atoms with Gasteiger partial charge >= 0.3 is 0 Å². The summed E-state index contributed by atoms with van der Waals surface area (Å²) in [7, 11) is -0.713. The molecule has 3 nitrogen and oxygen atoms in total. The van der Waals surface area contributed by atoms with Gasteiger partial charge in [0.2, 0.25) is 0 Å². The fourth-order valence-electron chi connectivity index (χ4n) is 6.18. The number of allylic oxidation sites excluding steroid dienone is 1. The minimum Gasteiger partial charge on any atom is -0.452 e. The van der Waals surface area contributed by atoms with E-state index in [4.69, 9.17) is 9.27 Å². The zero-order valence-corrected chi connectivity index (χ0v) is 25.0. The monoisotopic (exact) mass is 564 g/mol. The van der Waals surface area contributed by atoms with Gasteiger partial charge in [-0.05, 0) is 46.7 Å². The van der Waals surface area contributed by atoms with Crippen LogP contribution in [0.3, 0.4) is 0 Å². The molecule has 6 aromatic rings. The zero-order valence-electron chi connectivity index (χ0n) is 24.1. The highest BCUT2D eigenvalue weighted by Crippen LogP contribution is 2.59. The summed E-state index contributed by atoms with van der Waals surface area (Å²) in [6, 6.07) is 48.8. The fourth-order valence-corrected chi connectivity index (χ4v) is 9.08. The fraction of sp³-hybridized carbons (Fsp3) is 0.105. The molecule has 0 aromatic heterocycles. The second-order valence-corrected chi connectivity index (χ2v) is 13.7. The first-order chi connectivity index (χ1) is 20.5. The lowest BCUT2D eigenvalue weighted by molar-refractivity contribution is 0.619. The first-order valence-corrected chi connectivity index (χ1v) is 16.1. The van der Waals surface area contributed by atoms with E-state index in [0.29, 0.717) is 0 Å². The first-order valence-electron chi connectivity index (χ1n) is 14.4. The Hall–Kier alpha value is -4.59.